The van der Waals surface area contributed by atoms with Crippen molar-refractivity contribution in [2.45, 2.75) is 71.6 Å². The molecular weight excluding hydrogens is 400 g/mol. The third kappa shape index (κ3) is 3.35. The lowest BCUT2D eigenvalue weighted by molar-refractivity contribution is 0.112. The van der Waals surface area contributed by atoms with Crippen molar-refractivity contribution >= 4 is 22.2 Å². The average molecular weight is 429 g/mol. The number of hydrogen-bond acceptors (Lipinski definition) is 2. The standard InChI is InChI=1S/C24H29BrO2/c1-22(2,3)15-9-14(13-26)20-17(10-15)24(7,8)18-11-16(23(4,5)6)12-19(25)21(18)27-20/h9-13H,1-8H3. The summed E-state index contributed by atoms with van der Waals surface area (Å²) >= 11 is 3.71. The molecule has 0 aliphatic carbocycles. The molecule has 0 fully saturated rings. The maximum Gasteiger partial charge on any atom is 0.153 e. The van der Waals surface area contributed by atoms with Gasteiger partial charge in [-0.2, -0.15) is 0 Å². The Morgan fingerprint density at radius 1 is 0.852 bits per heavy atom. The Hall–Kier alpha value is -1.61. The van der Waals surface area contributed by atoms with Crippen LogP contribution in [0, 0.1) is 0 Å². The van der Waals surface area contributed by atoms with Gasteiger partial charge in [0, 0.05) is 16.5 Å². The van der Waals surface area contributed by atoms with Crippen LogP contribution >= 0.6 is 15.9 Å². The molecule has 0 spiro atoms. The fourth-order valence-electron chi connectivity index (χ4n) is 3.59. The smallest absolute Gasteiger partial charge is 0.153 e. The molecule has 0 unspecified atom stereocenters. The predicted molar refractivity (Wildman–Crippen MR) is 116 cm³/mol. The van der Waals surface area contributed by atoms with Gasteiger partial charge in [-0.1, -0.05) is 67.5 Å². The highest BCUT2D eigenvalue weighted by Gasteiger charge is 2.38. The first-order chi connectivity index (χ1) is 12.3. The van der Waals surface area contributed by atoms with E-state index in [0.717, 1.165) is 33.2 Å². The minimum Gasteiger partial charge on any atom is -0.455 e. The summed E-state index contributed by atoms with van der Waals surface area (Å²) in [5, 5.41) is 0. The fourth-order valence-corrected chi connectivity index (χ4v) is 4.13. The van der Waals surface area contributed by atoms with Crippen LogP contribution in [0.2, 0.25) is 0 Å². The van der Waals surface area contributed by atoms with Gasteiger partial charge in [0.05, 0.1) is 10.0 Å². The van der Waals surface area contributed by atoms with Crippen molar-refractivity contribution in [3.05, 3.63) is 56.6 Å². The molecule has 27 heavy (non-hydrogen) atoms. The molecule has 1 aliphatic heterocycles. The molecular formula is C24H29BrO2. The van der Waals surface area contributed by atoms with Gasteiger partial charge >= 0.3 is 0 Å². The minimum absolute atomic E-state index is 0.0368. The third-order valence-corrected chi connectivity index (χ3v) is 6.16. The number of aldehydes is 1. The van der Waals surface area contributed by atoms with Crippen LogP contribution in [0.4, 0.5) is 0 Å². The third-order valence-electron chi connectivity index (χ3n) is 5.57. The Morgan fingerprint density at radius 2 is 1.33 bits per heavy atom. The van der Waals surface area contributed by atoms with Gasteiger partial charge in [-0.3, -0.25) is 4.79 Å². The lowest BCUT2D eigenvalue weighted by Gasteiger charge is -2.38. The van der Waals surface area contributed by atoms with Gasteiger partial charge in [0.1, 0.15) is 11.5 Å². The van der Waals surface area contributed by atoms with Crippen molar-refractivity contribution in [2.24, 2.45) is 0 Å². The molecule has 0 saturated heterocycles. The topological polar surface area (TPSA) is 26.3 Å². The van der Waals surface area contributed by atoms with Crippen molar-refractivity contribution in [2.75, 3.05) is 0 Å². The number of fused-ring (bicyclic) bond motifs is 2. The van der Waals surface area contributed by atoms with Crippen molar-refractivity contribution < 1.29 is 9.53 Å². The summed E-state index contributed by atoms with van der Waals surface area (Å²) in [5.74, 6) is 1.49. The molecule has 1 aliphatic rings. The zero-order valence-corrected chi connectivity index (χ0v) is 19.2. The highest BCUT2D eigenvalue weighted by molar-refractivity contribution is 9.10. The number of rotatable bonds is 1. The zero-order chi connectivity index (χ0) is 20.4. The second kappa shape index (κ2) is 6.20. The number of ether oxygens (including phenoxy) is 1. The maximum atomic E-state index is 11.9. The Balaban J connectivity index is 2.32. The summed E-state index contributed by atoms with van der Waals surface area (Å²) in [6, 6.07) is 8.56. The number of benzene rings is 2. The molecule has 2 aromatic rings. The van der Waals surface area contributed by atoms with E-state index in [1.54, 1.807) is 0 Å². The van der Waals surface area contributed by atoms with Gasteiger partial charge in [0.25, 0.3) is 0 Å². The molecule has 144 valence electrons. The Labute approximate surface area is 171 Å². The van der Waals surface area contributed by atoms with E-state index in [0.29, 0.717) is 11.3 Å². The van der Waals surface area contributed by atoms with Crippen molar-refractivity contribution in [3.63, 3.8) is 0 Å². The van der Waals surface area contributed by atoms with Crippen LogP contribution in [0.5, 0.6) is 11.5 Å². The highest BCUT2D eigenvalue weighted by Crippen LogP contribution is 2.53. The molecule has 1 heterocycles. The van der Waals surface area contributed by atoms with Crippen LogP contribution in [-0.2, 0) is 16.2 Å². The minimum atomic E-state index is -0.272. The Bertz CT molecular complexity index is 925. The molecule has 0 bridgehead atoms. The molecule has 0 saturated carbocycles. The first-order valence-electron chi connectivity index (χ1n) is 9.43. The van der Waals surface area contributed by atoms with E-state index in [-0.39, 0.29) is 16.2 Å². The second-order valence-electron chi connectivity index (χ2n) is 10.1. The fraction of sp³-hybridized carbons (Fsp3) is 0.458. The monoisotopic (exact) mass is 428 g/mol. The summed E-state index contributed by atoms with van der Waals surface area (Å²) < 4.78 is 7.25. The van der Waals surface area contributed by atoms with E-state index in [2.05, 4.69) is 89.5 Å². The number of carbonyl (C=O) groups is 1. The lowest BCUT2D eigenvalue weighted by atomic mass is 9.71. The molecule has 0 radical (unpaired) electrons. The van der Waals surface area contributed by atoms with Crippen LogP contribution in [0.1, 0.15) is 88.0 Å². The molecule has 0 aromatic heterocycles. The van der Waals surface area contributed by atoms with Crippen LogP contribution in [-0.4, -0.2) is 6.29 Å². The Morgan fingerprint density at radius 3 is 1.81 bits per heavy atom. The molecule has 3 rings (SSSR count). The molecule has 0 amide bonds. The van der Waals surface area contributed by atoms with Crippen molar-refractivity contribution in [1.29, 1.82) is 0 Å². The van der Waals surface area contributed by atoms with Gasteiger partial charge in [-0.15, -0.1) is 0 Å². The molecule has 2 aromatic carbocycles. The molecule has 3 heteroatoms. The van der Waals surface area contributed by atoms with E-state index < -0.39 is 0 Å². The number of hydrogen-bond donors (Lipinski definition) is 0. The number of carbonyl (C=O) groups excluding carboxylic acids is 1. The summed E-state index contributed by atoms with van der Waals surface area (Å²) in [6.45, 7) is 17.6. The van der Waals surface area contributed by atoms with Gasteiger partial charge in [0.2, 0.25) is 0 Å². The average Bonchev–Trinajstić information content (AvgIpc) is 2.53. The van der Waals surface area contributed by atoms with Crippen LogP contribution in [0.3, 0.4) is 0 Å². The zero-order valence-electron chi connectivity index (χ0n) is 17.6. The van der Waals surface area contributed by atoms with Gasteiger partial charge in [-0.05, 0) is 50.0 Å². The van der Waals surface area contributed by atoms with Crippen LogP contribution in [0.15, 0.2) is 28.7 Å². The van der Waals surface area contributed by atoms with E-state index in [9.17, 15) is 4.79 Å². The summed E-state index contributed by atoms with van der Waals surface area (Å²) in [7, 11) is 0. The Kier molecular flexibility index (Phi) is 4.62. The van der Waals surface area contributed by atoms with Gasteiger partial charge in [0.15, 0.2) is 6.29 Å². The molecule has 2 nitrogen and oxygen atoms in total. The summed E-state index contributed by atoms with van der Waals surface area (Å²) in [6.07, 6.45) is 0.909. The lowest BCUT2D eigenvalue weighted by Crippen LogP contribution is -2.27. The second-order valence-corrected chi connectivity index (χ2v) is 11.0. The van der Waals surface area contributed by atoms with Gasteiger partial charge in [-0.25, -0.2) is 0 Å². The van der Waals surface area contributed by atoms with Gasteiger partial charge < -0.3 is 4.74 Å². The van der Waals surface area contributed by atoms with Crippen LogP contribution in [0.25, 0.3) is 0 Å². The van der Waals surface area contributed by atoms with E-state index in [1.807, 2.05) is 6.07 Å². The SMILES string of the molecule is CC(C)(C)c1cc(Br)c2c(c1)C(C)(C)c1cc(C(C)(C)C)cc(C=O)c1O2. The largest absolute Gasteiger partial charge is 0.455 e. The van der Waals surface area contributed by atoms with E-state index in [1.165, 1.54) is 5.56 Å². The normalized spacial score (nSPS) is 15.6. The first kappa shape index (κ1) is 20.1. The first-order valence-corrected chi connectivity index (χ1v) is 10.2. The van der Waals surface area contributed by atoms with E-state index >= 15 is 0 Å². The quantitative estimate of drug-likeness (QED) is 0.445. The summed E-state index contributed by atoms with van der Waals surface area (Å²) in [4.78, 5) is 11.9. The highest BCUT2D eigenvalue weighted by atomic mass is 79.9. The predicted octanol–water partition coefficient (Wildman–Crippen LogP) is 7.29. The van der Waals surface area contributed by atoms with E-state index in [4.69, 9.17) is 4.74 Å². The van der Waals surface area contributed by atoms with Crippen LogP contribution < -0.4 is 4.74 Å². The number of halogens is 1. The van der Waals surface area contributed by atoms with Crippen molar-refractivity contribution in [3.8, 4) is 11.5 Å². The summed E-state index contributed by atoms with van der Waals surface area (Å²) in [5.41, 5.74) is 4.96. The molecule has 0 N–H and O–H groups in total. The van der Waals surface area contributed by atoms with Crippen molar-refractivity contribution in [1.82, 2.24) is 0 Å². The maximum absolute atomic E-state index is 11.9. The molecule has 0 atom stereocenters.